The van der Waals surface area contributed by atoms with Gasteiger partial charge < -0.3 is 33.9 Å². The fourth-order valence-electron chi connectivity index (χ4n) is 6.65. The molecular formula is C36H50ClN3O9. The van der Waals surface area contributed by atoms with Gasteiger partial charge in [0.05, 0.1) is 23.2 Å². The number of fused-ring (bicyclic) bond motifs is 5. The first kappa shape index (κ1) is 38.4. The molecule has 8 unspecified atom stereocenters. The van der Waals surface area contributed by atoms with E-state index in [9.17, 15) is 24.3 Å². The molecule has 0 aliphatic carbocycles. The summed E-state index contributed by atoms with van der Waals surface area (Å²) < 4.78 is 23.5. The molecule has 3 amide bonds. The second-order valence-corrected chi connectivity index (χ2v) is 14.1. The van der Waals surface area contributed by atoms with Crippen molar-refractivity contribution in [3.63, 3.8) is 0 Å². The second-order valence-electron chi connectivity index (χ2n) is 13.8. The third kappa shape index (κ3) is 8.30. The highest BCUT2D eigenvalue weighted by Crippen LogP contribution is 2.49. The van der Waals surface area contributed by atoms with Crippen LogP contribution in [0.1, 0.15) is 71.4 Å². The summed E-state index contributed by atoms with van der Waals surface area (Å²) in [5.41, 5.74) is 0.225. The Morgan fingerprint density at radius 3 is 2.61 bits per heavy atom. The average molecular weight is 704 g/mol. The van der Waals surface area contributed by atoms with Crippen LogP contribution in [0.4, 0.5) is 10.5 Å². The van der Waals surface area contributed by atoms with Gasteiger partial charge in [-0.3, -0.25) is 14.9 Å². The minimum Gasteiger partial charge on any atom is -0.457 e. The zero-order valence-corrected chi connectivity index (χ0v) is 30.6. The Bertz CT molecular complexity index is 1510. The summed E-state index contributed by atoms with van der Waals surface area (Å²) in [6, 6.07) is 2.89. The number of allylic oxidation sites excluding steroid dienone is 3. The van der Waals surface area contributed by atoms with Crippen LogP contribution in [0.5, 0.6) is 0 Å². The quantitative estimate of drug-likeness (QED) is 0.320. The van der Waals surface area contributed by atoms with Crippen molar-refractivity contribution in [1.29, 1.82) is 0 Å². The van der Waals surface area contributed by atoms with E-state index in [1.807, 2.05) is 45.9 Å². The monoisotopic (exact) mass is 703 g/mol. The lowest BCUT2D eigenvalue weighted by Gasteiger charge is -2.42. The summed E-state index contributed by atoms with van der Waals surface area (Å²) in [5.74, 6) is -1.77. The Labute approximate surface area is 293 Å². The van der Waals surface area contributed by atoms with Crippen LogP contribution < -0.4 is 10.2 Å². The van der Waals surface area contributed by atoms with Gasteiger partial charge in [-0.25, -0.2) is 9.59 Å². The summed E-state index contributed by atoms with van der Waals surface area (Å²) >= 11 is 6.74. The number of nitrogens with one attached hydrogen (secondary N) is 1. The van der Waals surface area contributed by atoms with Gasteiger partial charge in [-0.05, 0) is 57.7 Å². The molecule has 3 aliphatic rings. The first-order valence-corrected chi connectivity index (χ1v) is 17.1. The minimum atomic E-state index is -1.80. The zero-order chi connectivity index (χ0) is 36.4. The van der Waals surface area contributed by atoms with E-state index in [-0.39, 0.29) is 31.1 Å². The number of esters is 1. The number of aryl methyl sites for hydroxylation is 1. The van der Waals surface area contributed by atoms with E-state index in [1.54, 1.807) is 40.1 Å². The van der Waals surface area contributed by atoms with Gasteiger partial charge in [0.2, 0.25) is 11.8 Å². The molecule has 0 aromatic heterocycles. The number of aliphatic hydroxyl groups is 1. The number of hydrogen-bond acceptors (Lipinski definition) is 9. The fraction of sp³-hybridized carbons (Fsp3) is 0.611. The normalized spacial score (nSPS) is 32.8. The van der Waals surface area contributed by atoms with Crippen molar-refractivity contribution in [2.45, 2.75) is 115 Å². The molecule has 49 heavy (non-hydrogen) atoms. The van der Waals surface area contributed by atoms with Crippen LogP contribution in [-0.2, 0) is 39.8 Å². The van der Waals surface area contributed by atoms with Crippen LogP contribution in [0, 0.1) is 12.8 Å². The van der Waals surface area contributed by atoms with Crippen molar-refractivity contribution in [1.82, 2.24) is 10.2 Å². The lowest BCUT2D eigenvalue weighted by atomic mass is 9.83. The van der Waals surface area contributed by atoms with Gasteiger partial charge in [-0.2, -0.15) is 0 Å². The van der Waals surface area contributed by atoms with Crippen LogP contribution in [0.2, 0.25) is 5.02 Å². The molecule has 1 aromatic carbocycles. The standard InChI is InChI=1S/C36H50ClN3O9/c1-10-12-29(41)39(7)23(5)33(43)48-28-18-30(42)40(8)25-17-24(16-21(3)31(25)37)15-20(2)13-11-14-27(46-9)36(45)19-26(47-34(44)38-36)22(4)32-35(28,6)49-32/h11,13-14,16-17,22-23,26-28,32,45H,10,12,15,18-19H2,1-9H3,(H,38,44)/b14-11+,20-13+. The van der Waals surface area contributed by atoms with E-state index >= 15 is 0 Å². The summed E-state index contributed by atoms with van der Waals surface area (Å²) in [7, 11) is 4.60. The lowest BCUT2D eigenvalue weighted by Crippen LogP contribution is -2.63. The SMILES string of the molecule is CCCC(=O)N(C)C(C)C(=O)OC1CC(=O)N(C)c2cc(cc(C)c2Cl)C/C(C)=C/C=C/C(OC)C2(O)CC(OC(=O)N2)C(C)C2OC12C. The van der Waals surface area contributed by atoms with Crippen LogP contribution in [0.3, 0.4) is 0 Å². The molecule has 8 atom stereocenters. The van der Waals surface area contributed by atoms with Crippen LogP contribution in [0.25, 0.3) is 0 Å². The van der Waals surface area contributed by atoms with E-state index in [2.05, 4.69) is 5.32 Å². The van der Waals surface area contributed by atoms with E-state index in [0.29, 0.717) is 23.6 Å². The number of halogens is 1. The number of alkyl carbamates (subject to hydrolysis) is 1. The molecule has 0 spiro atoms. The highest BCUT2D eigenvalue weighted by Gasteiger charge is 2.64. The number of amides is 3. The summed E-state index contributed by atoms with van der Waals surface area (Å²) in [4.78, 5) is 55.7. The number of methoxy groups -OCH3 is 1. The second kappa shape index (κ2) is 15.2. The smallest absolute Gasteiger partial charge is 0.409 e. The predicted molar refractivity (Wildman–Crippen MR) is 184 cm³/mol. The van der Waals surface area contributed by atoms with Gasteiger partial charge in [-0.1, -0.05) is 55.3 Å². The Balaban J connectivity index is 1.76. The zero-order valence-electron chi connectivity index (χ0n) is 29.9. The highest BCUT2D eigenvalue weighted by molar-refractivity contribution is 6.34. The minimum absolute atomic E-state index is 0.0293. The Kier molecular flexibility index (Phi) is 11.9. The predicted octanol–water partition coefficient (Wildman–Crippen LogP) is 4.61. The first-order chi connectivity index (χ1) is 22.9. The Morgan fingerprint density at radius 1 is 1.27 bits per heavy atom. The molecule has 12 nitrogen and oxygen atoms in total. The van der Waals surface area contributed by atoms with Gasteiger partial charge in [0.25, 0.3) is 0 Å². The maximum Gasteiger partial charge on any atom is 0.409 e. The molecule has 4 rings (SSSR count). The number of carbonyl (C=O) groups excluding carboxylic acids is 4. The largest absolute Gasteiger partial charge is 0.457 e. The van der Waals surface area contributed by atoms with E-state index in [4.69, 9.17) is 30.5 Å². The van der Waals surface area contributed by atoms with Crippen molar-refractivity contribution in [2.24, 2.45) is 5.92 Å². The molecule has 1 aromatic rings. The average Bonchev–Trinajstić information content (AvgIpc) is 3.74. The topological polar surface area (TPSA) is 147 Å². The van der Waals surface area contributed by atoms with Crippen molar-refractivity contribution < 1.29 is 43.2 Å². The molecule has 0 radical (unpaired) electrons. The summed E-state index contributed by atoms with van der Waals surface area (Å²) in [5, 5.41) is 14.6. The number of rotatable bonds is 6. The Morgan fingerprint density at radius 2 is 1.96 bits per heavy atom. The van der Waals surface area contributed by atoms with Gasteiger partial charge in [-0.15, -0.1) is 0 Å². The molecule has 2 fully saturated rings. The third-order valence-electron chi connectivity index (χ3n) is 9.98. The highest BCUT2D eigenvalue weighted by atomic mass is 35.5. The molecular weight excluding hydrogens is 654 g/mol. The molecule has 2 saturated heterocycles. The Hall–Kier alpha value is -3.45. The maximum atomic E-state index is 14.0. The molecule has 3 aliphatic heterocycles. The van der Waals surface area contributed by atoms with Crippen LogP contribution in [0.15, 0.2) is 35.9 Å². The van der Waals surface area contributed by atoms with Gasteiger partial charge in [0, 0.05) is 40.0 Å². The number of epoxide rings is 1. The van der Waals surface area contributed by atoms with Crippen LogP contribution >= 0.6 is 11.6 Å². The van der Waals surface area contributed by atoms with Crippen molar-refractivity contribution in [2.75, 3.05) is 26.1 Å². The molecule has 0 saturated carbocycles. The van der Waals surface area contributed by atoms with Gasteiger partial charge in [0.15, 0.2) is 5.72 Å². The molecule has 4 bridgehead atoms. The number of benzene rings is 1. The molecule has 270 valence electrons. The van der Waals surface area contributed by atoms with E-state index < -0.39 is 59.8 Å². The number of hydrogen-bond donors (Lipinski definition) is 2. The van der Waals surface area contributed by atoms with Crippen molar-refractivity contribution in [3.05, 3.63) is 52.1 Å². The first-order valence-electron chi connectivity index (χ1n) is 16.7. The summed E-state index contributed by atoms with van der Waals surface area (Å²) in [6.45, 7) is 10.8. The third-order valence-corrected chi connectivity index (χ3v) is 10.5. The van der Waals surface area contributed by atoms with Crippen molar-refractivity contribution >= 4 is 41.2 Å². The molecule has 3 heterocycles. The number of ether oxygens (including phenoxy) is 4. The number of likely N-dealkylation sites (N-methyl/N-ethyl adjacent to an activating group) is 1. The van der Waals surface area contributed by atoms with Crippen molar-refractivity contribution in [3.8, 4) is 0 Å². The number of carbonyl (C=O) groups is 4. The van der Waals surface area contributed by atoms with E-state index in [0.717, 1.165) is 16.7 Å². The number of nitrogens with zero attached hydrogens (tertiary/aromatic N) is 2. The fourth-order valence-corrected chi connectivity index (χ4v) is 6.88. The number of anilines is 1. The van der Waals surface area contributed by atoms with Crippen LogP contribution in [-0.4, -0.2) is 96.9 Å². The van der Waals surface area contributed by atoms with Gasteiger partial charge >= 0.3 is 12.1 Å². The molecule has 2 N–H and O–H groups in total. The maximum absolute atomic E-state index is 14.0. The molecule has 13 heteroatoms. The van der Waals surface area contributed by atoms with E-state index in [1.165, 1.54) is 16.9 Å². The lowest BCUT2D eigenvalue weighted by molar-refractivity contribution is -0.162. The van der Waals surface area contributed by atoms with Gasteiger partial charge in [0.1, 0.15) is 30.0 Å². The summed E-state index contributed by atoms with van der Waals surface area (Å²) in [6.07, 6.45) is 2.22.